The van der Waals surface area contributed by atoms with Crippen molar-refractivity contribution in [1.29, 1.82) is 0 Å². The van der Waals surface area contributed by atoms with Gasteiger partial charge in [0.2, 0.25) is 0 Å². The fourth-order valence-corrected chi connectivity index (χ4v) is 2.86. The highest BCUT2D eigenvalue weighted by Gasteiger charge is 2.53. The van der Waals surface area contributed by atoms with Gasteiger partial charge in [-0.3, -0.25) is 0 Å². The van der Waals surface area contributed by atoms with Gasteiger partial charge in [0.25, 0.3) is 0 Å². The highest BCUT2D eigenvalue weighted by atomic mass is 16.3. The summed E-state index contributed by atoms with van der Waals surface area (Å²) in [5.41, 5.74) is 1.98. The molecule has 2 saturated carbocycles. The lowest BCUT2D eigenvalue weighted by atomic mass is 9.76. The molecule has 2 fully saturated rings. The molecule has 1 heteroatoms. The lowest BCUT2D eigenvalue weighted by molar-refractivity contribution is -0.0127. The maximum atomic E-state index is 10.8. The van der Waals surface area contributed by atoms with E-state index in [2.05, 4.69) is 31.2 Å². The van der Waals surface area contributed by atoms with E-state index >= 15 is 0 Å². The molecule has 1 aromatic rings. The number of hydrogen-bond donors (Lipinski definition) is 1. The molecule has 1 nitrogen and oxygen atoms in total. The molecule has 0 bridgehead atoms. The zero-order valence-electron chi connectivity index (χ0n) is 10.9. The van der Waals surface area contributed by atoms with Gasteiger partial charge in [-0.2, -0.15) is 0 Å². The van der Waals surface area contributed by atoms with Crippen LogP contribution in [0.1, 0.15) is 63.0 Å². The molecule has 1 unspecified atom stereocenters. The van der Waals surface area contributed by atoms with E-state index in [1.807, 2.05) is 6.92 Å². The van der Waals surface area contributed by atoms with Gasteiger partial charge >= 0.3 is 0 Å². The molecule has 2 aliphatic carbocycles. The molecule has 17 heavy (non-hydrogen) atoms. The molecule has 0 spiro atoms. The van der Waals surface area contributed by atoms with E-state index in [1.54, 1.807) is 0 Å². The number of benzene rings is 1. The molecule has 92 valence electrons. The van der Waals surface area contributed by atoms with Crippen molar-refractivity contribution in [3.63, 3.8) is 0 Å². The van der Waals surface area contributed by atoms with Crippen molar-refractivity contribution in [2.24, 2.45) is 5.41 Å². The fourth-order valence-electron chi connectivity index (χ4n) is 2.86. The molecular weight excluding hydrogens is 208 g/mol. The lowest BCUT2D eigenvalue weighted by Gasteiger charge is -2.33. The largest absolute Gasteiger partial charge is 0.385 e. The van der Waals surface area contributed by atoms with Gasteiger partial charge in [-0.05, 0) is 49.7 Å². The van der Waals surface area contributed by atoms with Gasteiger partial charge in [0.15, 0.2) is 0 Å². The lowest BCUT2D eigenvalue weighted by Crippen LogP contribution is -2.31. The van der Waals surface area contributed by atoms with Crippen molar-refractivity contribution in [2.75, 3.05) is 0 Å². The number of hydrogen-bond acceptors (Lipinski definition) is 1. The van der Waals surface area contributed by atoms with Crippen molar-refractivity contribution in [2.45, 2.75) is 57.5 Å². The Balaban J connectivity index is 1.92. The molecule has 1 aromatic carbocycles. The smallest absolute Gasteiger partial charge is 0.0921 e. The van der Waals surface area contributed by atoms with E-state index in [0.717, 1.165) is 24.3 Å². The van der Waals surface area contributed by atoms with Crippen molar-refractivity contribution in [1.82, 2.24) is 0 Å². The summed E-state index contributed by atoms with van der Waals surface area (Å²) in [4.78, 5) is 0. The Morgan fingerprint density at radius 3 is 2.53 bits per heavy atom. The van der Waals surface area contributed by atoms with E-state index < -0.39 is 5.60 Å². The quantitative estimate of drug-likeness (QED) is 0.833. The summed E-state index contributed by atoms with van der Waals surface area (Å²) in [6.45, 7) is 4.18. The molecule has 0 heterocycles. The van der Waals surface area contributed by atoms with E-state index in [1.165, 1.54) is 24.8 Å². The monoisotopic (exact) mass is 230 g/mol. The zero-order valence-corrected chi connectivity index (χ0v) is 10.9. The molecule has 3 rings (SSSR count). The maximum Gasteiger partial charge on any atom is 0.0921 e. The number of rotatable bonds is 3. The zero-order chi connectivity index (χ0) is 12.1. The van der Waals surface area contributed by atoms with Crippen LogP contribution >= 0.6 is 0 Å². The van der Waals surface area contributed by atoms with Gasteiger partial charge in [-0.15, -0.1) is 0 Å². The van der Waals surface area contributed by atoms with Crippen molar-refractivity contribution in [3.8, 4) is 0 Å². The van der Waals surface area contributed by atoms with Crippen LogP contribution in [0.15, 0.2) is 24.3 Å². The predicted octanol–water partition coefficient (Wildman–Crippen LogP) is 3.96. The van der Waals surface area contributed by atoms with Crippen molar-refractivity contribution >= 4 is 0 Å². The second-order valence-electron chi connectivity index (χ2n) is 6.39. The Morgan fingerprint density at radius 2 is 2.00 bits per heavy atom. The normalized spacial score (nSPS) is 26.1. The van der Waals surface area contributed by atoms with E-state index in [9.17, 15) is 5.11 Å². The van der Waals surface area contributed by atoms with Crippen LogP contribution in [-0.4, -0.2) is 5.11 Å². The summed E-state index contributed by atoms with van der Waals surface area (Å²) >= 11 is 0. The van der Waals surface area contributed by atoms with Crippen LogP contribution in [0.3, 0.4) is 0 Å². The molecule has 0 saturated heterocycles. The first-order valence-electron chi connectivity index (χ1n) is 6.86. The van der Waals surface area contributed by atoms with Crippen LogP contribution < -0.4 is 0 Å². The maximum absolute atomic E-state index is 10.8. The SMILES string of the molecule is CC1(C(C)(O)c2cccc(C3CCC3)c2)CC1. The third-order valence-electron chi connectivity index (χ3n) is 5.20. The second-order valence-corrected chi connectivity index (χ2v) is 6.39. The molecule has 0 amide bonds. The molecule has 0 aliphatic heterocycles. The molecule has 1 atom stereocenters. The Hall–Kier alpha value is -0.820. The van der Waals surface area contributed by atoms with Gasteiger partial charge in [0.1, 0.15) is 0 Å². The minimum Gasteiger partial charge on any atom is -0.385 e. The molecule has 1 N–H and O–H groups in total. The Kier molecular flexibility index (Phi) is 2.38. The highest BCUT2D eigenvalue weighted by molar-refractivity contribution is 5.33. The van der Waals surface area contributed by atoms with Crippen molar-refractivity contribution < 1.29 is 5.11 Å². The van der Waals surface area contributed by atoms with Crippen LogP contribution in [0.4, 0.5) is 0 Å². The molecule has 0 aromatic heterocycles. The summed E-state index contributed by atoms with van der Waals surface area (Å²) in [7, 11) is 0. The van der Waals surface area contributed by atoms with Crippen LogP contribution in [0.2, 0.25) is 0 Å². The minimum atomic E-state index is -0.660. The van der Waals surface area contributed by atoms with Gasteiger partial charge in [-0.25, -0.2) is 0 Å². The van der Waals surface area contributed by atoms with Gasteiger partial charge < -0.3 is 5.11 Å². The van der Waals surface area contributed by atoms with Gasteiger partial charge in [-0.1, -0.05) is 37.6 Å². The summed E-state index contributed by atoms with van der Waals surface area (Å²) < 4.78 is 0. The highest BCUT2D eigenvalue weighted by Crippen LogP contribution is 2.58. The van der Waals surface area contributed by atoms with E-state index in [0.29, 0.717) is 0 Å². The summed E-state index contributed by atoms with van der Waals surface area (Å²) in [6.07, 6.45) is 6.30. The molecular formula is C16H22O. The number of aliphatic hydroxyl groups is 1. The molecule has 0 radical (unpaired) electrons. The summed E-state index contributed by atoms with van der Waals surface area (Å²) in [5.74, 6) is 0.748. The standard InChI is InChI=1S/C16H22O/c1-15(9-10-15)16(2,17)14-8-4-7-13(11-14)12-5-3-6-12/h4,7-8,11-12,17H,3,5-6,9-10H2,1-2H3. The Morgan fingerprint density at radius 1 is 1.29 bits per heavy atom. The topological polar surface area (TPSA) is 20.2 Å². The summed E-state index contributed by atoms with van der Waals surface area (Å²) in [5, 5.41) is 10.8. The van der Waals surface area contributed by atoms with Gasteiger partial charge in [0.05, 0.1) is 5.60 Å². The fraction of sp³-hybridized carbons (Fsp3) is 0.625. The summed E-state index contributed by atoms with van der Waals surface area (Å²) in [6, 6.07) is 8.67. The van der Waals surface area contributed by atoms with Crippen LogP contribution in [0.5, 0.6) is 0 Å². The average molecular weight is 230 g/mol. The first-order chi connectivity index (χ1) is 8.03. The Bertz CT molecular complexity index is 425. The second kappa shape index (κ2) is 3.58. The first-order valence-corrected chi connectivity index (χ1v) is 6.86. The van der Waals surface area contributed by atoms with Crippen LogP contribution in [0.25, 0.3) is 0 Å². The first kappa shape index (κ1) is 11.3. The van der Waals surface area contributed by atoms with Gasteiger partial charge in [0, 0.05) is 5.41 Å². The Labute approximate surface area is 104 Å². The average Bonchev–Trinajstić information content (AvgIpc) is 2.96. The third-order valence-corrected chi connectivity index (χ3v) is 5.20. The predicted molar refractivity (Wildman–Crippen MR) is 69.9 cm³/mol. The molecule has 2 aliphatic rings. The van der Waals surface area contributed by atoms with Crippen molar-refractivity contribution in [3.05, 3.63) is 35.4 Å². The minimum absolute atomic E-state index is 0.102. The van der Waals surface area contributed by atoms with E-state index in [-0.39, 0.29) is 5.41 Å². The van der Waals surface area contributed by atoms with Crippen LogP contribution in [0, 0.1) is 5.41 Å². The third kappa shape index (κ3) is 1.72. The van der Waals surface area contributed by atoms with E-state index in [4.69, 9.17) is 0 Å². The van der Waals surface area contributed by atoms with Crippen LogP contribution in [-0.2, 0) is 5.60 Å².